The Hall–Kier alpha value is -2.82. The van der Waals surface area contributed by atoms with Crippen molar-refractivity contribution >= 4 is 12.1 Å². The van der Waals surface area contributed by atoms with Gasteiger partial charge in [-0.15, -0.1) is 0 Å². The molecule has 0 aliphatic rings. The molecule has 0 fully saturated rings. The second-order valence-corrected chi connectivity index (χ2v) is 4.17. The number of ether oxygens (including phenoxy) is 2. The van der Waals surface area contributed by atoms with E-state index in [1.807, 2.05) is 6.07 Å². The maximum atomic E-state index is 11.8. The fraction of sp³-hybridized carbons (Fsp3) is 0.125. The number of amides is 1. The molecule has 0 heterocycles. The molecule has 0 radical (unpaired) electrons. The van der Waals surface area contributed by atoms with Gasteiger partial charge >= 0.3 is 0 Å². The van der Waals surface area contributed by atoms with E-state index in [2.05, 4.69) is 10.5 Å². The monoisotopic (exact) mass is 284 g/mol. The van der Waals surface area contributed by atoms with E-state index in [0.717, 1.165) is 5.56 Å². The molecule has 0 saturated heterocycles. The average molecular weight is 284 g/mol. The number of carbonyl (C=O) groups excluding carboxylic acids is 1. The van der Waals surface area contributed by atoms with Crippen LogP contribution in [0.25, 0.3) is 0 Å². The highest BCUT2D eigenvalue weighted by Crippen LogP contribution is 2.22. The summed E-state index contributed by atoms with van der Waals surface area (Å²) in [5, 5.41) is 3.94. The quantitative estimate of drug-likeness (QED) is 0.677. The van der Waals surface area contributed by atoms with Crippen LogP contribution in [0.5, 0.6) is 11.5 Å². The molecule has 2 aromatic carbocycles. The molecule has 0 bridgehead atoms. The molecule has 0 aliphatic carbocycles. The van der Waals surface area contributed by atoms with Crippen molar-refractivity contribution in [3.05, 3.63) is 59.7 Å². The van der Waals surface area contributed by atoms with Crippen LogP contribution in [0.1, 0.15) is 15.9 Å². The van der Waals surface area contributed by atoms with Gasteiger partial charge in [-0.3, -0.25) is 4.79 Å². The smallest absolute Gasteiger partial charge is 0.271 e. The molecule has 0 atom stereocenters. The molecule has 5 nitrogen and oxygen atoms in total. The summed E-state index contributed by atoms with van der Waals surface area (Å²) in [5.74, 6) is 1.05. The maximum Gasteiger partial charge on any atom is 0.271 e. The van der Waals surface area contributed by atoms with Gasteiger partial charge in [0.25, 0.3) is 5.91 Å². The number of methoxy groups -OCH3 is 2. The van der Waals surface area contributed by atoms with Crippen LogP contribution < -0.4 is 14.9 Å². The van der Waals surface area contributed by atoms with E-state index in [1.54, 1.807) is 56.7 Å². The Morgan fingerprint density at radius 3 is 2.52 bits per heavy atom. The van der Waals surface area contributed by atoms with E-state index in [4.69, 9.17) is 9.47 Å². The molecule has 1 N–H and O–H groups in total. The van der Waals surface area contributed by atoms with Crippen LogP contribution in [0.15, 0.2) is 53.6 Å². The number of nitrogens with one attached hydrogen (secondary N) is 1. The molecule has 21 heavy (non-hydrogen) atoms. The van der Waals surface area contributed by atoms with Crippen LogP contribution in [0.2, 0.25) is 0 Å². The lowest BCUT2D eigenvalue weighted by molar-refractivity contribution is 0.0955. The van der Waals surface area contributed by atoms with Crippen molar-refractivity contribution in [2.75, 3.05) is 14.2 Å². The molecular weight excluding hydrogens is 268 g/mol. The predicted molar refractivity (Wildman–Crippen MR) is 81.0 cm³/mol. The molecule has 2 aromatic rings. The Morgan fingerprint density at radius 1 is 1.10 bits per heavy atom. The third-order valence-corrected chi connectivity index (χ3v) is 2.85. The molecule has 1 amide bonds. The van der Waals surface area contributed by atoms with E-state index >= 15 is 0 Å². The van der Waals surface area contributed by atoms with E-state index in [0.29, 0.717) is 17.1 Å². The van der Waals surface area contributed by atoms with Gasteiger partial charge in [-0.1, -0.05) is 18.2 Å². The summed E-state index contributed by atoms with van der Waals surface area (Å²) in [6, 6.07) is 14.2. The summed E-state index contributed by atoms with van der Waals surface area (Å²) in [5.41, 5.74) is 3.77. The van der Waals surface area contributed by atoms with Crippen LogP contribution in [0, 0.1) is 0 Å². The average Bonchev–Trinajstić information content (AvgIpc) is 2.55. The fourth-order valence-electron chi connectivity index (χ4n) is 1.74. The van der Waals surface area contributed by atoms with Gasteiger partial charge in [0.2, 0.25) is 0 Å². The maximum absolute atomic E-state index is 11.8. The number of nitrogens with zero attached hydrogens (tertiary/aromatic N) is 1. The SMILES string of the molecule is COc1ccc(C=NNC(=O)c2ccccc2)c(OC)c1. The molecule has 108 valence electrons. The number of hydrazone groups is 1. The van der Waals surface area contributed by atoms with Crippen molar-refractivity contribution in [1.29, 1.82) is 0 Å². The van der Waals surface area contributed by atoms with E-state index in [9.17, 15) is 4.79 Å². The van der Waals surface area contributed by atoms with E-state index < -0.39 is 0 Å². The first-order valence-corrected chi connectivity index (χ1v) is 6.35. The van der Waals surface area contributed by atoms with Crippen LogP contribution >= 0.6 is 0 Å². The van der Waals surface area contributed by atoms with Gasteiger partial charge in [0.15, 0.2) is 0 Å². The minimum absolute atomic E-state index is 0.265. The molecule has 0 saturated carbocycles. The highest BCUT2D eigenvalue weighted by Gasteiger charge is 2.04. The minimum atomic E-state index is -0.265. The highest BCUT2D eigenvalue weighted by molar-refractivity contribution is 5.95. The van der Waals surface area contributed by atoms with Crippen molar-refractivity contribution in [2.45, 2.75) is 0 Å². The zero-order valence-electron chi connectivity index (χ0n) is 11.9. The molecule has 0 unspecified atom stereocenters. The van der Waals surface area contributed by atoms with Gasteiger partial charge in [-0.05, 0) is 24.3 Å². The number of hydrogen-bond acceptors (Lipinski definition) is 4. The molecule has 2 rings (SSSR count). The van der Waals surface area contributed by atoms with Gasteiger partial charge in [0.1, 0.15) is 11.5 Å². The summed E-state index contributed by atoms with van der Waals surface area (Å²) in [4.78, 5) is 11.8. The second-order valence-electron chi connectivity index (χ2n) is 4.17. The van der Waals surface area contributed by atoms with Gasteiger partial charge in [0.05, 0.1) is 20.4 Å². The number of carbonyl (C=O) groups is 1. The Bertz CT molecular complexity index is 639. The second kappa shape index (κ2) is 7.09. The van der Waals surface area contributed by atoms with Gasteiger partial charge in [-0.2, -0.15) is 5.10 Å². The first-order chi connectivity index (χ1) is 10.2. The van der Waals surface area contributed by atoms with Crippen LogP contribution in [0.4, 0.5) is 0 Å². The van der Waals surface area contributed by atoms with Crippen molar-refractivity contribution in [2.24, 2.45) is 5.10 Å². The van der Waals surface area contributed by atoms with Crippen LogP contribution in [-0.4, -0.2) is 26.3 Å². The Balaban J connectivity index is 2.06. The molecular formula is C16H16N2O3. The zero-order valence-corrected chi connectivity index (χ0v) is 11.9. The number of rotatable bonds is 5. The van der Waals surface area contributed by atoms with Crippen LogP contribution in [-0.2, 0) is 0 Å². The first kappa shape index (κ1) is 14.6. The molecule has 0 aromatic heterocycles. The molecule has 0 aliphatic heterocycles. The molecule has 0 spiro atoms. The Morgan fingerprint density at radius 2 is 1.86 bits per heavy atom. The normalized spacial score (nSPS) is 10.4. The number of hydrogen-bond donors (Lipinski definition) is 1. The van der Waals surface area contributed by atoms with Gasteiger partial charge in [0, 0.05) is 17.2 Å². The lowest BCUT2D eigenvalue weighted by atomic mass is 10.2. The van der Waals surface area contributed by atoms with Crippen molar-refractivity contribution in [3.63, 3.8) is 0 Å². The topological polar surface area (TPSA) is 59.9 Å². The lowest BCUT2D eigenvalue weighted by Gasteiger charge is -2.06. The highest BCUT2D eigenvalue weighted by atomic mass is 16.5. The first-order valence-electron chi connectivity index (χ1n) is 6.35. The standard InChI is InChI=1S/C16H16N2O3/c1-20-14-9-8-13(15(10-14)21-2)11-17-18-16(19)12-6-4-3-5-7-12/h3-11H,1-2H3,(H,18,19). The fourth-order valence-corrected chi connectivity index (χ4v) is 1.74. The van der Waals surface area contributed by atoms with Crippen molar-refractivity contribution < 1.29 is 14.3 Å². The van der Waals surface area contributed by atoms with Gasteiger partial charge in [-0.25, -0.2) is 5.43 Å². The Labute approximate surface area is 123 Å². The Kier molecular flexibility index (Phi) is 4.93. The number of benzene rings is 2. The summed E-state index contributed by atoms with van der Waals surface area (Å²) in [6.07, 6.45) is 1.53. The summed E-state index contributed by atoms with van der Waals surface area (Å²) < 4.78 is 10.4. The van der Waals surface area contributed by atoms with Gasteiger partial charge < -0.3 is 9.47 Å². The summed E-state index contributed by atoms with van der Waals surface area (Å²) >= 11 is 0. The lowest BCUT2D eigenvalue weighted by Crippen LogP contribution is -2.17. The van der Waals surface area contributed by atoms with Crippen molar-refractivity contribution in [3.8, 4) is 11.5 Å². The predicted octanol–water partition coefficient (Wildman–Crippen LogP) is 2.47. The van der Waals surface area contributed by atoms with Crippen LogP contribution in [0.3, 0.4) is 0 Å². The minimum Gasteiger partial charge on any atom is -0.497 e. The largest absolute Gasteiger partial charge is 0.497 e. The van der Waals surface area contributed by atoms with E-state index in [-0.39, 0.29) is 5.91 Å². The summed E-state index contributed by atoms with van der Waals surface area (Å²) in [7, 11) is 3.15. The zero-order chi connectivity index (χ0) is 15.1. The summed E-state index contributed by atoms with van der Waals surface area (Å²) in [6.45, 7) is 0. The van der Waals surface area contributed by atoms with Crippen molar-refractivity contribution in [1.82, 2.24) is 5.43 Å². The third-order valence-electron chi connectivity index (χ3n) is 2.85. The molecule has 5 heteroatoms. The third kappa shape index (κ3) is 3.82. The van der Waals surface area contributed by atoms with E-state index in [1.165, 1.54) is 6.21 Å².